The van der Waals surface area contributed by atoms with Gasteiger partial charge in [-0.2, -0.15) is 13.2 Å². The van der Waals surface area contributed by atoms with E-state index >= 15 is 0 Å². The van der Waals surface area contributed by atoms with Crippen LogP contribution < -0.4 is 5.32 Å². The maximum absolute atomic E-state index is 13.1. The molecule has 1 fully saturated rings. The SMILES string of the molecule is FC(F)(F)c1[nH]c2ccccc2c1C1CCNC1. The molecule has 0 bridgehead atoms. The molecule has 2 nitrogen and oxygen atoms in total. The van der Waals surface area contributed by atoms with Crippen molar-refractivity contribution in [2.45, 2.75) is 18.5 Å². The molecule has 2 aromatic rings. The quantitative estimate of drug-likeness (QED) is 0.803. The fourth-order valence-electron chi connectivity index (χ4n) is 2.71. The molecule has 2 N–H and O–H groups in total. The van der Waals surface area contributed by atoms with E-state index < -0.39 is 11.9 Å². The first-order valence-corrected chi connectivity index (χ1v) is 5.96. The lowest BCUT2D eigenvalue weighted by atomic mass is 9.95. The molecule has 0 amide bonds. The largest absolute Gasteiger partial charge is 0.431 e. The molecule has 3 rings (SSSR count). The molecule has 1 aliphatic rings. The normalized spacial score (nSPS) is 20.7. The number of benzene rings is 1. The molecule has 0 radical (unpaired) electrons. The van der Waals surface area contributed by atoms with Gasteiger partial charge in [-0.05, 0) is 24.6 Å². The fraction of sp³-hybridized carbons (Fsp3) is 0.385. The third kappa shape index (κ3) is 1.79. The van der Waals surface area contributed by atoms with Crippen LogP contribution in [0.1, 0.15) is 23.6 Å². The number of aromatic nitrogens is 1. The summed E-state index contributed by atoms with van der Waals surface area (Å²) in [7, 11) is 0. The molecule has 0 aliphatic carbocycles. The van der Waals surface area contributed by atoms with Crippen LogP contribution in [0.3, 0.4) is 0 Å². The summed E-state index contributed by atoms with van der Waals surface area (Å²) in [5, 5.41) is 3.82. The first kappa shape index (κ1) is 11.6. The molecule has 1 aromatic carbocycles. The molecule has 2 heterocycles. The molecular weight excluding hydrogens is 241 g/mol. The van der Waals surface area contributed by atoms with Crippen molar-refractivity contribution in [3.8, 4) is 0 Å². The van der Waals surface area contributed by atoms with E-state index in [9.17, 15) is 13.2 Å². The van der Waals surface area contributed by atoms with Gasteiger partial charge >= 0.3 is 6.18 Å². The highest BCUT2D eigenvalue weighted by Gasteiger charge is 2.38. The monoisotopic (exact) mass is 254 g/mol. The number of aromatic amines is 1. The van der Waals surface area contributed by atoms with Gasteiger partial charge in [0.15, 0.2) is 0 Å². The second kappa shape index (κ2) is 4.02. The molecule has 1 aromatic heterocycles. The molecule has 1 atom stereocenters. The predicted octanol–water partition coefficient (Wildman–Crippen LogP) is 3.26. The van der Waals surface area contributed by atoms with Crippen LogP contribution in [0.5, 0.6) is 0 Å². The van der Waals surface area contributed by atoms with Crippen LogP contribution in [-0.2, 0) is 6.18 Å². The first-order chi connectivity index (χ1) is 8.57. The minimum atomic E-state index is -4.32. The van der Waals surface area contributed by atoms with Gasteiger partial charge in [0.2, 0.25) is 0 Å². The number of halogens is 3. The van der Waals surface area contributed by atoms with Crippen LogP contribution in [0.4, 0.5) is 13.2 Å². The highest BCUT2D eigenvalue weighted by atomic mass is 19.4. The molecule has 1 saturated heterocycles. The second-order valence-electron chi connectivity index (χ2n) is 4.65. The zero-order chi connectivity index (χ0) is 12.8. The summed E-state index contributed by atoms with van der Waals surface area (Å²) >= 11 is 0. The van der Waals surface area contributed by atoms with E-state index in [0.717, 1.165) is 13.0 Å². The van der Waals surface area contributed by atoms with Crippen molar-refractivity contribution in [2.75, 3.05) is 13.1 Å². The van der Waals surface area contributed by atoms with Crippen LogP contribution in [-0.4, -0.2) is 18.1 Å². The summed E-state index contributed by atoms with van der Waals surface area (Å²) in [6.45, 7) is 1.40. The Kier molecular flexibility index (Phi) is 2.59. The van der Waals surface area contributed by atoms with Gasteiger partial charge in [0, 0.05) is 23.4 Å². The summed E-state index contributed by atoms with van der Waals surface area (Å²) in [5.74, 6) is -0.0576. The number of alkyl halides is 3. The average molecular weight is 254 g/mol. The molecule has 5 heteroatoms. The number of hydrogen-bond acceptors (Lipinski definition) is 1. The molecule has 0 saturated carbocycles. The Morgan fingerprint density at radius 3 is 2.61 bits per heavy atom. The summed E-state index contributed by atoms with van der Waals surface area (Å²) in [6, 6.07) is 6.98. The summed E-state index contributed by atoms with van der Waals surface area (Å²) < 4.78 is 39.3. The average Bonchev–Trinajstić information content (AvgIpc) is 2.94. The van der Waals surface area contributed by atoms with Gasteiger partial charge in [-0.1, -0.05) is 18.2 Å². The minimum Gasteiger partial charge on any atom is -0.351 e. The number of H-pyrrole nitrogens is 1. The Balaban J connectivity index is 2.24. The number of rotatable bonds is 1. The van der Waals surface area contributed by atoms with Crippen LogP contribution in [0.2, 0.25) is 0 Å². The van der Waals surface area contributed by atoms with Crippen molar-refractivity contribution in [3.63, 3.8) is 0 Å². The molecule has 18 heavy (non-hydrogen) atoms. The van der Waals surface area contributed by atoms with Gasteiger partial charge in [-0.25, -0.2) is 0 Å². The lowest BCUT2D eigenvalue weighted by molar-refractivity contribution is -0.141. The third-order valence-corrected chi connectivity index (χ3v) is 3.50. The van der Waals surface area contributed by atoms with E-state index in [4.69, 9.17) is 0 Å². The first-order valence-electron chi connectivity index (χ1n) is 5.96. The Morgan fingerprint density at radius 1 is 1.17 bits per heavy atom. The van der Waals surface area contributed by atoms with Crippen molar-refractivity contribution in [1.29, 1.82) is 0 Å². The lowest BCUT2D eigenvalue weighted by Gasteiger charge is -2.13. The molecule has 1 unspecified atom stereocenters. The third-order valence-electron chi connectivity index (χ3n) is 3.50. The summed E-state index contributed by atoms with van der Waals surface area (Å²) in [4.78, 5) is 2.53. The Hall–Kier alpha value is -1.49. The van der Waals surface area contributed by atoms with Gasteiger partial charge in [-0.15, -0.1) is 0 Å². The van der Waals surface area contributed by atoms with Crippen LogP contribution >= 0.6 is 0 Å². The maximum Gasteiger partial charge on any atom is 0.431 e. The van der Waals surface area contributed by atoms with Crippen LogP contribution in [0, 0.1) is 0 Å². The van der Waals surface area contributed by atoms with Crippen molar-refractivity contribution in [3.05, 3.63) is 35.5 Å². The molecular formula is C13H13F3N2. The van der Waals surface area contributed by atoms with Crippen molar-refractivity contribution in [2.24, 2.45) is 0 Å². The smallest absolute Gasteiger partial charge is 0.351 e. The van der Waals surface area contributed by atoms with Crippen molar-refractivity contribution in [1.82, 2.24) is 10.3 Å². The van der Waals surface area contributed by atoms with Gasteiger partial charge < -0.3 is 10.3 Å². The second-order valence-corrected chi connectivity index (χ2v) is 4.65. The topological polar surface area (TPSA) is 27.8 Å². The summed E-state index contributed by atoms with van der Waals surface area (Å²) in [5.41, 5.74) is 0.396. The van der Waals surface area contributed by atoms with Gasteiger partial charge in [0.1, 0.15) is 5.69 Å². The molecule has 1 aliphatic heterocycles. The molecule has 0 spiro atoms. The van der Waals surface area contributed by atoms with Gasteiger partial charge in [0.25, 0.3) is 0 Å². The Morgan fingerprint density at radius 2 is 1.94 bits per heavy atom. The number of nitrogens with one attached hydrogen (secondary N) is 2. The van der Waals surface area contributed by atoms with Gasteiger partial charge in [-0.3, -0.25) is 0 Å². The van der Waals surface area contributed by atoms with E-state index in [1.165, 1.54) is 0 Å². The minimum absolute atomic E-state index is 0.0576. The Labute approximate surface area is 102 Å². The maximum atomic E-state index is 13.1. The molecule has 96 valence electrons. The van der Waals surface area contributed by atoms with Gasteiger partial charge in [0.05, 0.1) is 0 Å². The predicted molar refractivity (Wildman–Crippen MR) is 63.5 cm³/mol. The van der Waals surface area contributed by atoms with E-state index in [1.54, 1.807) is 24.3 Å². The Bertz CT molecular complexity index is 565. The van der Waals surface area contributed by atoms with Crippen molar-refractivity contribution < 1.29 is 13.2 Å². The number of para-hydroxylation sites is 1. The zero-order valence-electron chi connectivity index (χ0n) is 9.64. The van der Waals surface area contributed by atoms with E-state index in [0.29, 0.717) is 23.0 Å². The van der Waals surface area contributed by atoms with Crippen LogP contribution in [0.15, 0.2) is 24.3 Å². The lowest BCUT2D eigenvalue weighted by Crippen LogP contribution is -2.13. The van der Waals surface area contributed by atoms with E-state index in [2.05, 4.69) is 10.3 Å². The number of fused-ring (bicyclic) bond motifs is 1. The summed E-state index contributed by atoms with van der Waals surface area (Å²) in [6.07, 6.45) is -3.57. The fourth-order valence-corrected chi connectivity index (χ4v) is 2.71. The number of hydrogen-bond donors (Lipinski definition) is 2. The highest BCUT2D eigenvalue weighted by Crippen LogP contribution is 2.40. The van der Waals surface area contributed by atoms with E-state index in [1.807, 2.05) is 0 Å². The highest BCUT2D eigenvalue weighted by molar-refractivity contribution is 5.85. The van der Waals surface area contributed by atoms with Crippen LogP contribution in [0.25, 0.3) is 10.9 Å². The zero-order valence-corrected chi connectivity index (χ0v) is 9.64. The van der Waals surface area contributed by atoms with Crippen molar-refractivity contribution >= 4 is 10.9 Å². The standard InChI is InChI=1S/C13H13F3N2/c14-13(15,16)12-11(8-5-6-17-7-8)9-3-1-2-4-10(9)18-12/h1-4,8,17-18H,5-7H2. The van der Waals surface area contributed by atoms with E-state index in [-0.39, 0.29) is 5.92 Å².